The molecule has 5 nitrogen and oxygen atoms in total. The number of urea groups is 1. The first-order chi connectivity index (χ1) is 11.2. The topological polar surface area (TPSA) is 59.6 Å². The summed E-state index contributed by atoms with van der Waals surface area (Å²) >= 11 is 0. The van der Waals surface area contributed by atoms with E-state index in [1.807, 2.05) is 55.5 Å². The van der Waals surface area contributed by atoms with Crippen molar-refractivity contribution in [2.45, 2.75) is 20.0 Å². The summed E-state index contributed by atoms with van der Waals surface area (Å²) < 4.78 is 10.5. The van der Waals surface area contributed by atoms with Crippen LogP contribution in [0.5, 0.6) is 11.5 Å². The summed E-state index contributed by atoms with van der Waals surface area (Å²) in [6.45, 7) is 3.54. The average Bonchev–Trinajstić information content (AvgIpc) is 2.60. The maximum Gasteiger partial charge on any atom is 0.315 e. The van der Waals surface area contributed by atoms with Crippen molar-refractivity contribution in [2.24, 2.45) is 0 Å². The summed E-state index contributed by atoms with van der Waals surface area (Å²) in [6, 6.07) is 15.1. The number of hydrogen-bond donors (Lipinski definition) is 2. The molecule has 23 heavy (non-hydrogen) atoms. The number of benzene rings is 2. The van der Waals surface area contributed by atoms with Gasteiger partial charge in [0, 0.05) is 13.1 Å². The van der Waals surface area contributed by atoms with Crippen LogP contribution in [0.3, 0.4) is 0 Å². The van der Waals surface area contributed by atoms with Gasteiger partial charge in [-0.05, 0) is 42.3 Å². The Labute approximate surface area is 136 Å². The predicted molar refractivity (Wildman–Crippen MR) is 89.7 cm³/mol. The molecular weight excluding hydrogens is 292 g/mol. The van der Waals surface area contributed by atoms with Gasteiger partial charge in [-0.1, -0.05) is 24.3 Å². The molecule has 2 aromatic rings. The molecule has 0 bridgehead atoms. The molecule has 2 N–H and O–H groups in total. The second-order valence-electron chi connectivity index (χ2n) is 4.96. The zero-order chi connectivity index (χ0) is 16.5. The van der Waals surface area contributed by atoms with Crippen LogP contribution in [0.1, 0.15) is 18.1 Å². The third-order valence-electron chi connectivity index (χ3n) is 3.30. The van der Waals surface area contributed by atoms with E-state index in [1.165, 1.54) is 0 Å². The Morgan fingerprint density at radius 3 is 1.78 bits per heavy atom. The van der Waals surface area contributed by atoms with E-state index >= 15 is 0 Å². The number of carbonyl (C=O) groups excluding carboxylic acids is 1. The summed E-state index contributed by atoms with van der Waals surface area (Å²) in [5, 5.41) is 5.65. The molecule has 0 fully saturated rings. The van der Waals surface area contributed by atoms with Crippen LogP contribution < -0.4 is 20.1 Å². The Morgan fingerprint density at radius 1 is 0.870 bits per heavy atom. The van der Waals surface area contributed by atoms with Gasteiger partial charge in [-0.2, -0.15) is 0 Å². The van der Waals surface area contributed by atoms with Crippen LogP contribution in [0.2, 0.25) is 0 Å². The van der Waals surface area contributed by atoms with Crippen LogP contribution in [0, 0.1) is 0 Å². The lowest BCUT2D eigenvalue weighted by Crippen LogP contribution is -2.34. The number of methoxy groups -OCH3 is 1. The monoisotopic (exact) mass is 314 g/mol. The van der Waals surface area contributed by atoms with Crippen molar-refractivity contribution >= 4 is 6.03 Å². The first-order valence-electron chi connectivity index (χ1n) is 7.57. The van der Waals surface area contributed by atoms with Crippen molar-refractivity contribution in [3.8, 4) is 11.5 Å². The zero-order valence-electron chi connectivity index (χ0n) is 13.5. The van der Waals surface area contributed by atoms with Gasteiger partial charge in [0.05, 0.1) is 13.7 Å². The molecule has 0 radical (unpaired) electrons. The number of ether oxygens (including phenoxy) is 2. The molecular formula is C18H22N2O3. The minimum absolute atomic E-state index is 0.199. The first-order valence-corrected chi connectivity index (χ1v) is 7.57. The van der Waals surface area contributed by atoms with E-state index in [4.69, 9.17) is 9.47 Å². The predicted octanol–water partition coefficient (Wildman–Crippen LogP) is 3.09. The summed E-state index contributed by atoms with van der Waals surface area (Å²) in [7, 11) is 1.63. The quantitative estimate of drug-likeness (QED) is 0.825. The SMILES string of the molecule is CCOc1ccc(CNC(=O)NCc2ccc(OC)cc2)cc1. The molecule has 2 aromatic carbocycles. The lowest BCUT2D eigenvalue weighted by molar-refractivity contribution is 0.240. The van der Waals surface area contributed by atoms with Gasteiger partial charge in [-0.25, -0.2) is 4.79 Å². The molecule has 2 rings (SSSR count). The van der Waals surface area contributed by atoms with Gasteiger partial charge < -0.3 is 20.1 Å². The molecule has 0 saturated carbocycles. The van der Waals surface area contributed by atoms with Gasteiger partial charge in [0.15, 0.2) is 0 Å². The van der Waals surface area contributed by atoms with E-state index in [2.05, 4.69) is 10.6 Å². The highest BCUT2D eigenvalue weighted by molar-refractivity contribution is 5.73. The summed E-state index contributed by atoms with van der Waals surface area (Å²) in [5.74, 6) is 1.63. The molecule has 2 amide bonds. The molecule has 0 saturated heterocycles. The number of nitrogens with one attached hydrogen (secondary N) is 2. The van der Waals surface area contributed by atoms with Crippen LogP contribution >= 0.6 is 0 Å². The second-order valence-corrected chi connectivity index (χ2v) is 4.96. The van der Waals surface area contributed by atoms with Crippen LogP contribution in [-0.4, -0.2) is 19.7 Å². The van der Waals surface area contributed by atoms with Crippen LogP contribution in [-0.2, 0) is 13.1 Å². The van der Waals surface area contributed by atoms with Gasteiger partial charge >= 0.3 is 6.03 Å². The number of hydrogen-bond acceptors (Lipinski definition) is 3. The minimum atomic E-state index is -0.199. The molecule has 0 atom stereocenters. The van der Waals surface area contributed by atoms with E-state index in [9.17, 15) is 4.79 Å². The van der Waals surface area contributed by atoms with E-state index < -0.39 is 0 Å². The minimum Gasteiger partial charge on any atom is -0.497 e. The standard InChI is InChI=1S/C18H22N2O3/c1-3-23-17-10-6-15(7-11-17)13-20-18(21)19-12-14-4-8-16(22-2)9-5-14/h4-11H,3,12-13H2,1-2H3,(H2,19,20,21). The van der Waals surface area contributed by atoms with Gasteiger partial charge in [0.25, 0.3) is 0 Å². The summed E-state index contributed by atoms with van der Waals surface area (Å²) in [6.07, 6.45) is 0. The molecule has 0 aliphatic heterocycles. The summed E-state index contributed by atoms with van der Waals surface area (Å²) in [4.78, 5) is 11.8. The number of amides is 2. The molecule has 0 spiro atoms. The fourth-order valence-corrected chi connectivity index (χ4v) is 2.04. The largest absolute Gasteiger partial charge is 0.497 e. The van der Waals surface area contributed by atoms with E-state index in [-0.39, 0.29) is 6.03 Å². The van der Waals surface area contributed by atoms with Crippen molar-refractivity contribution in [1.29, 1.82) is 0 Å². The van der Waals surface area contributed by atoms with Crippen LogP contribution in [0.4, 0.5) is 4.79 Å². The van der Waals surface area contributed by atoms with Crippen molar-refractivity contribution in [3.63, 3.8) is 0 Å². The molecule has 0 unspecified atom stereocenters. The molecule has 5 heteroatoms. The van der Waals surface area contributed by atoms with Crippen molar-refractivity contribution < 1.29 is 14.3 Å². The third kappa shape index (κ3) is 5.54. The molecule has 0 aliphatic rings. The average molecular weight is 314 g/mol. The normalized spacial score (nSPS) is 10.0. The van der Waals surface area contributed by atoms with Gasteiger partial charge in [0.2, 0.25) is 0 Å². The number of carbonyl (C=O) groups is 1. The molecule has 0 aromatic heterocycles. The molecule has 122 valence electrons. The maximum atomic E-state index is 11.8. The lowest BCUT2D eigenvalue weighted by Gasteiger charge is -2.09. The van der Waals surface area contributed by atoms with Crippen molar-refractivity contribution in [1.82, 2.24) is 10.6 Å². The Balaban J connectivity index is 1.73. The van der Waals surface area contributed by atoms with Gasteiger partial charge in [0.1, 0.15) is 11.5 Å². The third-order valence-corrected chi connectivity index (χ3v) is 3.30. The van der Waals surface area contributed by atoms with Crippen molar-refractivity contribution in [3.05, 3.63) is 59.7 Å². The van der Waals surface area contributed by atoms with Gasteiger partial charge in [-0.15, -0.1) is 0 Å². The smallest absolute Gasteiger partial charge is 0.315 e. The molecule has 0 aliphatic carbocycles. The highest BCUT2D eigenvalue weighted by atomic mass is 16.5. The summed E-state index contributed by atoms with van der Waals surface area (Å²) in [5.41, 5.74) is 2.04. The van der Waals surface area contributed by atoms with Crippen LogP contribution in [0.25, 0.3) is 0 Å². The van der Waals surface area contributed by atoms with E-state index in [0.29, 0.717) is 19.7 Å². The van der Waals surface area contributed by atoms with E-state index in [1.54, 1.807) is 7.11 Å². The van der Waals surface area contributed by atoms with Crippen LogP contribution in [0.15, 0.2) is 48.5 Å². The Bertz CT molecular complexity index is 609. The maximum absolute atomic E-state index is 11.8. The lowest BCUT2D eigenvalue weighted by atomic mass is 10.2. The van der Waals surface area contributed by atoms with E-state index in [0.717, 1.165) is 22.6 Å². The zero-order valence-corrected chi connectivity index (χ0v) is 13.5. The fourth-order valence-electron chi connectivity index (χ4n) is 2.04. The van der Waals surface area contributed by atoms with Crippen molar-refractivity contribution in [2.75, 3.05) is 13.7 Å². The Kier molecular flexibility index (Phi) is 6.29. The van der Waals surface area contributed by atoms with Gasteiger partial charge in [-0.3, -0.25) is 0 Å². The molecule has 0 heterocycles. The highest BCUT2D eigenvalue weighted by Gasteiger charge is 2.02. The fraction of sp³-hybridized carbons (Fsp3) is 0.278. The first kappa shape index (κ1) is 16.7. The Hall–Kier alpha value is -2.69. The number of rotatable bonds is 7. The highest BCUT2D eigenvalue weighted by Crippen LogP contribution is 2.12. The second kappa shape index (κ2) is 8.68. The Morgan fingerprint density at radius 2 is 1.35 bits per heavy atom.